The Morgan fingerprint density at radius 3 is 0.788 bits per heavy atom. The van der Waals surface area contributed by atoms with Gasteiger partial charge in [-0.15, -0.1) is 10.2 Å². The van der Waals surface area contributed by atoms with Crippen molar-refractivity contribution in [3.05, 3.63) is 191 Å². The molecule has 0 amide bonds. The summed E-state index contributed by atoms with van der Waals surface area (Å²) in [5.41, 5.74) is 13.0. The highest BCUT2D eigenvalue weighted by Crippen LogP contribution is 2.37. The summed E-state index contributed by atoms with van der Waals surface area (Å²) >= 11 is 0. The molecule has 6 heteroatoms. The van der Waals surface area contributed by atoms with E-state index < -0.39 is 0 Å². The lowest BCUT2D eigenvalue weighted by Gasteiger charge is -2.17. The summed E-state index contributed by atoms with van der Waals surface area (Å²) in [5.74, 6) is 2.30. The van der Waals surface area contributed by atoms with E-state index >= 15 is 0 Å². The molecule has 0 aliphatic carbocycles. The van der Waals surface area contributed by atoms with Crippen LogP contribution in [0.3, 0.4) is 0 Å². The van der Waals surface area contributed by atoms with E-state index in [1.165, 1.54) is 0 Å². The molecule has 0 aliphatic rings. The highest BCUT2D eigenvalue weighted by atomic mass is 15.1. The molecule has 0 bridgehead atoms. The summed E-state index contributed by atoms with van der Waals surface area (Å²) in [5, 5.41) is 9.53. The number of benzene rings is 6. The minimum Gasteiger partial charge on any atom is -0.377 e. The third-order valence-electron chi connectivity index (χ3n) is 9.24. The summed E-state index contributed by atoms with van der Waals surface area (Å²) in [6.45, 7) is 0. The standard InChI is InChI=1S/C46H48N6/c1-49(2)41-23-15-33(16-24-41)45(34-17-25-42(26-18-34)50(3)4)37-11-9-13-39(31-37)47-48-40-14-10-12-38(32-40)46(35-19-27-43(28-20-35)51(5)6)36-21-29-44(30-22-36)52(7)8/h9-32H,1-8H3/q+2. The van der Waals surface area contributed by atoms with Crippen molar-refractivity contribution in [2.75, 3.05) is 76.0 Å². The lowest BCUT2D eigenvalue weighted by molar-refractivity contribution is 1.12. The number of rotatable bonds is 12. The molecule has 0 aliphatic heterocycles. The second kappa shape index (κ2) is 15.8. The molecule has 260 valence electrons. The fourth-order valence-electron chi connectivity index (χ4n) is 6.27. The molecule has 6 aromatic rings. The van der Waals surface area contributed by atoms with Crippen LogP contribution >= 0.6 is 0 Å². The molecule has 0 atom stereocenters. The normalized spacial score (nSPS) is 11.0. The molecule has 6 nitrogen and oxygen atoms in total. The molecule has 52 heavy (non-hydrogen) atoms. The molecule has 0 unspecified atom stereocenters. The Morgan fingerprint density at radius 1 is 0.308 bits per heavy atom. The number of nitrogens with zero attached hydrogens (tertiary/aromatic N) is 6. The van der Waals surface area contributed by atoms with E-state index in [1.807, 2.05) is 12.1 Å². The summed E-state index contributed by atoms with van der Waals surface area (Å²) in [7, 11) is 16.5. The van der Waals surface area contributed by atoms with Gasteiger partial charge in [-0.25, -0.2) is 0 Å². The fourth-order valence-corrected chi connectivity index (χ4v) is 6.27. The zero-order valence-electron chi connectivity index (χ0n) is 31.5. The predicted octanol–water partition coefficient (Wildman–Crippen LogP) is 10.4. The second-order valence-electron chi connectivity index (χ2n) is 13.8. The van der Waals surface area contributed by atoms with Crippen molar-refractivity contribution < 1.29 is 0 Å². The first-order valence-electron chi connectivity index (χ1n) is 17.5. The maximum Gasteiger partial charge on any atom is 0.110 e. The zero-order valence-corrected chi connectivity index (χ0v) is 31.5. The molecule has 6 rings (SSSR count). The summed E-state index contributed by atoms with van der Waals surface area (Å²) in [6.07, 6.45) is 0. The maximum absolute atomic E-state index is 4.77. The minimum absolute atomic E-state index is 0.790. The Balaban J connectivity index is 1.33. The quantitative estimate of drug-likeness (QED) is 0.0731. The average molecular weight is 685 g/mol. The van der Waals surface area contributed by atoms with Crippen LogP contribution < -0.4 is 19.6 Å². The Kier molecular flexibility index (Phi) is 10.9. The lowest BCUT2D eigenvalue weighted by Crippen LogP contribution is -2.10. The third kappa shape index (κ3) is 8.24. The van der Waals surface area contributed by atoms with E-state index in [1.54, 1.807) is 0 Å². The van der Waals surface area contributed by atoms with Crippen LogP contribution in [0.4, 0.5) is 34.1 Å². The smallest absolute Gasteiger partial charge is 0.110 e. The molecule has 0 saturated carbocycles. The van der Waals surface area contributed by atoms with Gasteiger partial charge in [0.05, 0.1) is 45.2 Å². The van der Waals surface area contributed by atoms with Crippen molar-refractivity contribution in [2.45, 2.75) is 0 Å². The van der Waals surface area contributed by atoms with Gasteiger partial charge in [0, 0.05) is 91.3 Å². The first-order valence-corrected chi connectivity index (χ1v) is 17.5. The topological polar surface area (TPSA) is 37.7 Å². The third-order valence-corrected chi connectivity index (χ3v) is 9.24. The molecular weight excluding hydrogens is 637 g/mol. The highest BCUT2D eigenvalue weighted by Gasteiger charge is 2.25. The van der Waals surface area contributed by atoms with Crippen LogP contribution in [0.15, 0.2) is 156 Å². The molecule has 0 radical (unpaired) electrons. The Hall–Kier alpha value is -6.14. The Morgan fingerprint density at radius 2 is 0.558 bits per heavy atom. The Labute approximate surface area is 310 Å². The first-order chi connectivity index (χ1) is 25.1. The van der Waals surface area contributed by atoms with Crippen molar-refractivity contribution in [1.82, 2.24) is 0 Å². The lowest BCUT2D eigenvalue weighted by atomic mass is 9.84. The second-order valence-corrected chi connectivity index (χ2v) is 13.8. The van der Waals surface area contributed by atoms with Gasteiger partial charge in [-0.2, -0.15) is 0 Å². The van der Waals surface area contributed by atoms with Crippen molar-refractivity contribution in [3.63, 3.8) is 0 Å². The van der Waals surface area contributed by atoms with Crippen molar-refractivity contribution >= 4 is 34.1 Å². The van der Waals surface area contributed by atoms with E-state index in [-0.39, 0.29) is 0 Å². The van der Waals surface area contributed by atoms with E-state index in [2.05, 4.69) is 209 Å². The predicted molar refractivity (Wildman–Crippen MR) is 221 cm³/mol. The molecule has 0 saturated heterocycles. The fraction of sp³-hybridized carbons (Fsp3) is 0.174. The monoisotopic (exact) mass is 684 g/mol. The van der Waals surface area contributed by atoms with Gasteiger partial charge in [-0.3, -0.25) is 0 Å². The van der Waals surface area contributed by atoms with Crippen molar-refractivity contribution in [2.24, 2.45) is 10.2 Å². The SMILES string of the molecule is CN(C)c1ccc([C+](c2ccc(N(C)C)cc2)c2cccc(N=Nc3cccc([C+](c4ccc(N(C)C)cc4)c4ccc(N(C)C)cc4)c3)c2)cc1. The number of hydrogen-bond donors (Lipinski definition) is 0. The summed E-state index contributed by atoms with van der Waals surface area (Å²) in [4.78, 5) is 8.47. The maximum atomic E-state index is 4.77. The van der Waals surface area contributed by atoms with Gasteiger partial charge in [-0.05, 0) is 133 Å². The molecule has 0 spiro atoms. The summed E-state index contributed by atoms with van der Waals surface area (Å²) < 4.78 is 0. The first kappa shape index (κ1) is 35.7. The number of azo groups is 1. The van der Waals surface area contributed by atoms with Crippen molar-refractivity contribution in [3.8, 4) is 0 Å². The number of anilines is 4. The van der Waals surface area contributed by atoms with Crippen LogP contribution in [-0.2, 0) is 0 Å². The molecule has 0 aromatic heterocycles. The van der Waals surface area contributed by atoms with Gasteiger partial charge in [0.1, 0.15) is 11.4 Å². The number of hydrogen-bond acceptors (Lipinski definition) is 6. The van der Waals surface area contributed by atoms with Gasteiger partial charge in [0.15, 0.2) is 0 Å². The minimum atomic E-state index is 0.790. The van der Waals surface area contributed by atoms with E-state index in [4.69, 9.17) is 10.2 Å². The van der Waals surface area contributed by atoms with Crippen LogP contribution in [-0.4, -0.2) is 56.4 Å². The molecule has 0 heterocycles. The van der Waals surface area contributed by atoms with Crippen LogP contribution in [0.25, 0.3) is 0 Å². The van der Waals surface area contributed by atoms with Crippen LogP contribution in [0, 0.1) is 11.8 Å². The molecule has 0 N–H and O–H groups in total. The van der Waals surface area contributed by atoms with Crippen LogP contribution in [0.2, 0.25) is 0 Å². The average Bonchev–Trinajstić information content (AvgIpc) is 3.15. The van der Waals surface area contributed by atoms with E-state index in [0.29, 0.717) is 0 Å². The Bertz CT molecular complexity index is 1820. The van der Waals surface area contributed by atoms with Crippen LogP contribution in [0.1, 0.15) is 33.4 Å². The van der Waals surface area contributed by atoms with Gasteiger partial charge >= 0.3 is 0 Å². The van der Waals surface area contributed by atoms with Crippen LogP contribution in [0.5, 0.6) is 0 Å². The van der Waals surface area contributed by atoms with Gasteiger partial charge in [0.25, 0.3) is 0 Å². The molecular formula is C46H48N6+2. The van der Waals surface area contributed by atoms with Gasteiger partial charge < -0.3 is 19.6 Å². The summed E-state index contributed by atoms with van der Waals surface area (Å²) in [6, 6.07) is 51.6. The highest BCUT2D eigenvalue weighted by molar-refractivity contribution is 5.65. The van der Waals surface area contributed by atoms with Gasteiger partial charge in [0.2, 0.25) is 0 Å². The van der Waals surface area contributed by atoms with E-state index in [0.717, 1.165) is 79.3 Å². The molecule has 0 fully saturated rings. The zero-order chi connectivity index (χ0) is 36.8. The largest absolute Gasteiger partial charge is 0.377 e. The van der Waals surface area contributed by atoms with Crippen molar-refractivity contribution in [1.29, 1.82) is 0 Å². The van der Waals surface area contributed by atoms with Gasteiger partial charge in [-0.1, -0.05) is 0 Å². The van der Waals surface area contributed by atoms with E-state index in [9.17, 15) is 0 Å². The molecule has 6 aromatic carbocycles.